The SMILES string of the molecule is CC(C)CC(NCc1ccc(F)c([N+](=O)[O-])c1)C(=O)OC1CCCC1.O=Cc1ccc(F)c([N+](=O)[O-])c1. The van der Waals surface area contributed by atoms with Gasteiger partial charge in [-0.1, -0.05) is 19.9 Å². The first-order valence-corrected chi connectivity index (χ1v) is 11.8. The molecular weight excluding hydrogens is 492 g/mol. The summed E-state index contributed by atoms with van der Waals surface area (Å²) < 4.78 is 31.6. The Kier molecular flexibility index (Phi) is 11.2. The van der Waals surface area contributed by atoms with Crippen molar-refractivity contribution in [3.8, 4) is 0 Å². The van der Waals surface area contributed by atoms with Crippen LogP contribution in [0.1, 0.15) is 61.9 Å². The van der Waals surface area contributed by atoms with Gasteiger partial charge in [0.15, 0.2) is 0 Å². The number of ether oxygens (including phenoxy) is 1. The van der Waals surface area contributed by atoms with E-state index in [0.717, 1.165) is 43.9 Å². The van der Waals surface area contributed by atoms with Crippen LogP contribution in [0, 0.1) is 37.8 Å². The topological polar surface area (TPSA) is 142 Å². The standard InChI is InChI=1S/C18H25FN2O4.C7H4FNO3/c1-12(2)9-16(18(22)25-14-5-3-4-6-14)20-11-13-7-8-15(19)17(10-13)21(23)24;8-6-2-1-5(4-10)3-7(6)9(11)12/h7-8,10,12,14,16,20H,3-6,9,11H2,1-2H3;1-4H. The Hall–Kier alpha value is -3.80. The molecule has 0 saturated heterocycles. The molecule has 200 valence electrons. The molecule has 1 aliphatic rings. The van der Waals surface area contributed by atoms with Gasteiger partial charge in [0.1, 0.15) is 18.4 Å². The normalized spacial score (nSPS) is 14.0. The number of halogens is 2. The van der Waals surface area contributed by atoms with Crippen molar-refractivity contribution in [3.05, 3.63) is 79.4 Å². The fourth-order valence-electron chi connectivity index (χ4n) is 3.78. The maximum Gasteiger partial charge on any atom is 0.323 e. The van der Waals surface area contributed by atoms with Crippen molar-refractivity contribution in [2.45, 2.75) is 64.6 Å². The van der Waals surface area contributed by atoms with Gasteiger partial charge in [-0.25, -0.2) is 0 Å². The third-order valence-corrected chi connectivity index (χ3v) is 5.64. The number of hydrogen-bond donors (Lipinski definition) is 1. The summed E-state index contributed by atoms with van der Waals surface area (Å²) in [5.41, 5.74) is -0.605. The molecule has 1 fully saturated rings. The Bertz CT molecular complexity index is 1120. The number of hydrogen-bond acceptors (Lipinski definition) is 8. The van der Waals surface area contributed by atoms with Gasteiger partial charge in [0, 0.05) is 24.2 Å². The Morgan fingerprint density at radius 3 is 2.16 bits per heavy atom. The number of esters is 1. The van der Waals surface area contributed by atoms with Crippen LogP contribution in [0.25, 0.3) is 0 Å². The van der Waals surface area contributed by atoms with E-state index >= 15 is 0 Å². The first-order chi connectivity index (χ1) is 17.5. The van der Waals surface area contributed by atoms with Gasteiger partial charge in [-0.05, 0) is 61.8 Å². The van der Waals surface area contributed by atoms with Gasteiger partial charge in [-0.2, -0.15) is 8.78 Å². The van der Waals surface area contributed by atoms with E-state index in [9.17, 15) is 38.6 Å². The van der Waals surface area contributed by atoms with Crippen LogP contribution in [-0.2, 0) is 16.1 Å². The van der Waals surface area contributed by atoms with Gasteiger partial charge in [0.25, 0.3) is 0 Å². The Morgan fingerprint density at radius 1 is 1.05 bits per heavy atom. The molecular formula is C25H29F2N3O7. The van der Waals surface area contributed by atoms with Gasteiger partial charge in [0.05, 0.1) is 9.85 Å². The summed E-state index contributed by atoms with van der Waals surface area (Å²) in [6.07, 6.45) is 5.00. The minimum Gasteiger partial charge on any atom is -0.461 e. The highest BCUT2D eigenvalue weighted by molar-refractivity contribution is 5.76. The van der Waals surface area contributed by atoms with Crippen molar-refractivity contribution < 1.29 is 33.0 Å². The summed E-state index contributed by atoms with van der Waals surface area (Å²) in [5.74, 6) is -1.80. The van der Waals surface area contributed by atoms with Gasteiger partial charge < -0.3 is 10.1 Å². The van der Waals surface area contributed by atoms with Gasteiger partial charge in [0.2, 0.25) is 11.6 Å². The molecule has 0 radical (unpaired) electrons. The molecule has 0 aromatic heterocycles. The molecule has 3 rings (SSSR count). The van der Waals surface area contributed by atoms with Crippen molar-refractivity contribution in [2.75, 3.05) is 0 Å². The quantitative estimate of drug-likeness (QED) is 0.193. The summed E-state index contributed by atoms with van der Waals surface area (Å²) in [7, 11) is 0. The van der Waals surface area contributed by atoms with Gasteiger partial charge in [-0.15, -0.1) is 0 Å². The summed E-state index contributed by atoms with van der Waals surface area (Å²) >= 11 is 0. The minimum absolute atomic E-state index is 0.00382. The highest BCUT2D eigenvalue weighted by Gasteiger charge is 2.26. The second-order valence-electron chi connectivity index (χ2n) is 9.04. The first kappa shape index (κ1) is 29.4. The molecule has 0 aliphatic heterocycles. The molecule has 12 heteroatoms. The average molecular weight is 522 g/mol. The van der Waals surface area contributed by atoms with E-state index in [4.69, 9.17) is 4.74 Å². The van der Waals surface area contributed by atoms with Crippen LogP contribution in [-0.4, -0.2) is 34.2 Å². The number of nitro groups is 2. The molecule has 10 nitrogen and oxygen atoms in total. The van der Waals surface area contributed by atoms with Crippen LogP contribution >= 0.6 is 0 Å². The second-order valence-corrected chi connectivity index (χ2v) is 9.04. The van der Waals surface area contributed by atoms with Crippen molar-refractivity contribution in [2.24, 2.45) is 5.92 Å². The molecule has 2 aromatic rings. The number of nitro benzene ring substituents is 2. The lowest BCUT2D eigenvalue weighted by Crippen LogP contribution is -2.40. The number of carbonyl (C=O) groups excluding carboxylic acids is 2. The smallest absolute Gasteiger partial charge is 0.323 e. The zero-order chi connectivity index (χ0) is 27.5. The molecule has 1 unspecified atom stereocenters. The first-order valence-electron chi connectivity index (χ1n) is 11.8. The maximum absolute atomic E-state index is 13.4. The lowest BCUT2D eigenvalue weighted by molar-refractivity contribution is -0.387. The van der Waals surface area contributed by atoms with E-state index in [1.807, 2.05) is 13.8 Å². The summed E-state index contributed by atoms with van der Waals surface area (Å²) in [6, 6.07) is 6.22. The van der Waals surface area contributed by atoms with Crippen LogP contribution in [0.4, 0.5) is 20.2 Å². The largest absolute Gasteiger partial charge is 0.461 e. The van der Waals surface area contributed by atoms with Crippen molar-refractivity contribution in [3.63, 3.8) is 0 Å². The Balaban J connectivity index is 0.000000335. The van der Waals surface area contributed by atoms with Crippen molar-refractivity contribution in [1.82, 2.24) is 5.32 Å². The van der Waals surface area contributed by atoms with Crippen LogP contribution in [0.2, 0.25) is 0 Å². The molecule has 1 atom stereocenters. The van der Waals surface area contributed by atoms with E-state index in [2.05, 4.69) is 5.32 Å². The molecule has 0 bridgehead atoms. The molecule has 0 amide bonds. The zero-order valence-electron chi connectivity index (χ0n) is 20.5. The van der Waals surface area contributed by atoms with Gasteiger partial charge in [-0.3, -0.25) is 29.8 Å². The highest BCUT2D eigenvalue weighted by Crippen LogP contribution is 2.23. The molecule has 37 heavy (non-hydrogen) atoms. The third-order valence-electron chi connectivity index (χ3n) is 5.64. The monoisotopic (exact) mass is 521 g/mol. The molecule has 1 aliphatic carbocycles. The van der Waals surface area contributed by atoms with E-state index in [1.165, 1.54) is 18.2 Å². The van der Waals surface area contributed by atoms with Crippen LogP contribution < -0.4 is 5.32 Å². The lowest BCUT2D eigenvalue weighted by atomic mass is 10.0. The van der Waals surface area contributed by atoms with Crippen molar-refractivity contribution in [1.29, 1.82) is 0 Å². The minimum atomic E-state index is -0.939. The van der Waals surface area contributed by atoms with E-state index in [-0.39, 0.29) is 30.1 Å². The molecule has 2 aromatic carbocycles. The van der Waals surface area contributed by atoms with E-state index in [0.29, 0.717) is 18.3 Å². The fraction of sp³-hybridized carbons (Fsp3) is 0.440. The Labute approximate surface area is 212 Å². The third kappa shape index (κ3) is 9.30. The van der Waals surface area contributed by atoms with E-state index < -0.39 is 38.9 Å². The predicted octanol–water partition coefficient (Wildman–Crippen LogP) is 5.27. The number of nitrogens with zero attached hydrogens (tertiary/aromatic N) is 2. The molecule has 0 heterocycles. The number of benzene rings is 2. The molecule has 0 spiro atoms. The Morgan fingerprint density at radius 2 is 1.62 bits per heavy atom. The second kappa shape index (κ2) is 14.1. The lowest BCUT2D eigenvalue weighted by Gasteiger charge is -2.21. The van der Waals surface area contributed by atoms with Crippen LogP contribution in [0.5, 0.6) is 0 Å². The van der Waals surface area contributed by atoms with Crippen LogP contribution in [0.3, 0.4) is 0 Å². The van der Waals surface area contributed by atoms with Crippen LogP contribution in [0.15, 0.2) is 36.4 Å². The highest BCUT2D eigenvalue weighted by atomic mass is 19.1. The van der Waals surface area contributed by atoms with E-state index in [1.54, 1.807) is 0 Å². The molecule has 1 saturated carbocycles. The average Bonchev–Trinajstić information content (AvgIpc) is 3.35. The number of nitrogens with one attached hydrogen (secondary N) is 1. The van der Waals surface area contributed by atoms with Crippen molar-refractivity contribution >= 4 is 23.6 Å². The van der Waals surface area contributed by atoms with Gasteiger partial charge >= 0.3 is 17.3 Å². The fourth-order valence-corrected chi connectivity index (χ4v) is 3.78. The number of aldehydes is 1. The summed E-state index contributed by atoms with van der Waals surface area (Å²) in [6.45, 7) is 4.26. The molecule has 1 N–H and O–H groups in total. The summed E-state index contributed by atoms with van der Waals surface area (Å²) in [4.78, 5) is 41.9. The maximum atomic E-state index is 13.4. The number of rotatable bonds is 10. The predicted molar refractivity (Wildman–Crippen MR) is 130 cm³/mol. The summed E-state index contributed by atoms with van der Waals surface area (Å²) in [5, 5.41) is 24.1. The zero-order valence-corrected chi connectivity index (χ0v) is 20.5. The number of carbonyl (C=O) groups is 2.